The fourth-order valence-corrected chi connectivity index (χ4v) is 2.53. The maximum Gasteiger partial charge on any atom is 0.271 e. The van der Waals surface area contributed by atoms with Crippen LogP contribution in [0.25, 0.3) is 0 Å². The van der Waals surface area contributed by atoms with Gasteiger partial charge in [-0.2, -0.15) is 5.26 Å². The summed E-state index contributed by atoms with van der Waals surface area (Å²) in [4.78, 5) is 23.5. The van der Waals surface area contributed by atoms with Crippen LogP contribution in [0.2, 0.25) is 0 Å². The molecule has 0 saturated heterocycles. The first-order valence-electron chi connectivity index (χ1n) is 7.71. The Morgan fingerprint density at radius 1 is 1.40 bits per heavy atom. The summed E-state index contributed by atoms with van der Waals surface area (Å²) in [6, 6.07) is 8.83. The van der Waals surface area contributed by atoms with E-state index in [0.717, 1.165) is 10.3 Å². The van der Waals surface area contributed by atoms with Gasteiger partial charge in [-0.05, 0) is 43.7 Å². The van der Waals surface area contributed by atoms with Gasteiger partial charge >= 0.3 is 0 Å². The molecule has 0 saturated carbocycles. The summed E-state index contributed by atoms with van der Waals surface area (Å²) < 4.78 is 1.12. The smallest absolute Gasteiger partial charge is 0.271 e. The van der Waals surface area contributed by atoms with Gasteiger partial charge in [-0.25, -0.2) is 0 Å². The molecule has 0 aliphatic rings. The third-order valence-corrected chi connectivity index (χ3v) is 4.00. The molecule has 2 rings (SSSR count). The van der Waals surface area contributed by atoms with Gasteiger partial charge in [-0.15, -0.1) is 6.58 Å². The summed E-state index contributed by atoms with van der Waals surface area (Å²) in [5.41, 5.74) is 1.74. The average molecular weight is 337 g/mol. The van der Waals surface area contributed by atoms with Crippen LogP contribution in [0.15, 0.2) is 41.7 Å². The number of nitrogens with zero attached hydrogens (tertiary/aromatic N) is 2. The summed E-state index contributed by atoms with van der Waals surface area (Å²) in [6.07, 6.45) is 1.48. The van der Waals surface area contributed by atoms with E-state index in [2.05, 4.69) is 11.9 Å². The molecular weight excluding hydrogens is 318 g/mol. The van der Waals surface area contributed by atoms with Crippen LogP contribution in [0, 0.1) is 18.3 Å². The highest BCUT2D eigenvalue weighted by atomic mass is 16.3. The second kappa shape index (κ2) is 7.49. The zero-order chi connectivity index (χ0) is 18.6. The first kappa shape index (κ1) is 18.0. The number of aromatic nitrogens is 1. The Kier molecular flexibility index (Phi) is 5.40. The van der Waals surface area contributed by atoms with Gasteiger partial charge in [0, 0.05) is 29.9 Å². The van der Waals surface area contributed by atoms with Gasteiger partial charge in [-0.3, -0.25) is 14.2 Å². The van der Waals surface area contributed by atoms with Gasteiger partial charge in [0.25, 0.3) is 5.56 Å². The van der Waals surface area contributed by atoms with Crippen molar-refractivity contribution in [2.24, 2.45) is 0 Å². The summed E-state index contributed by atoms with van der Waals surface area (Å²) in [5.74, 6) is -0.204. The topological polar surface area (TPSA) is 95.1 Å². The van der Waals surface area contributed by atoms with E-state index in [1.807, 2.05) is 6.07 Å². The number of Topliss-reactive ketones (excluding diaryl/α,β-unsaturated/α-hetero) is 1. The predicted octanol–water partition coefficient (Wildman–Crippen LogP) is 2.73. The Labute approximate surface area is 145 Å². The van der Waals surface area contributed by atoms with Gasteiger partial charge < -0.3 is 10.4 Å². The number of allylic oxidation sites excluding steroid dienone is 1. The van der Waals surface area contributed by atoms with Crippen molar-refractivity contribution in [1.82, 2.24) is 4.57 Å². The van der Waals surface area contributed by atoms with Crippen molar-refractivity contribution < 1.29 is 9.90 Å². The standard InChI is InChI=1S/C19H19N3O3/c1-4-9-22-18(24)16(10-20)12(2)17(19(22)25)11-21-15-7-5-14(6-8-15)13(3)23/h4-8,21,25H,1,9,11H2,2-3H3. The Morgan fingerprint density at radius 3 is 2.56 bits per heavy atom. The molecule has 0 aliphatic heterocycles. The van der Waals surface area contributed by atoms with E-state index in [-0.39, 0.29) is 30.3 Å². The average Bonchev–Trinajstić information content (AvgIpc) is 2.59. The molecule has 128 valence electrons. The summed E-state index contributed by atoms with van der Waals surface area (Å²) >= 11 is 0. The number of nitrogens with one attached hydrogen (secondary N) is 1. The Morgan fingerprint density at radius 2 is 2.04 bits per heavy atom. The fraction of sp³-hybridized carbons (Fsp3) is 0.211. The molecule has 1 heterocycles. The molecule has 0 bridgehead atoms. The number of hydrogen-bond acceptors (Lipinski definition) is 5. The molecule has 1 aromatic heterocycles. The van der Waals surface area contributed by atoms with E-state index >= 15 is 0 Å². The van der Waals surface area contributed by atoms with Crippen LogP contribution in [0.1, 0.15) is 34.0 Å². The largest absolute Gasteiger partial charge is 0.494 e. The number of ketones is 1. The van der Waals surface area contributed by atoms with Crippen molar-refractivity contribution in [3.63, 3.8) is 0 Å². The third-order valence-electron chi connectivity index (χ3n) is 4.00. The monoisotopic (exact) mass is 337 g/mol. The van der Waals surface area contributed by atoms with Crippen molar-refractivity contribution in [2.75, 3.05) is 5.32 Å². The lowest BCUT2D eigenvalue weighted by Gasteiger charge is -2.16. The number of carbonyl (C=O) groups is 1. The molecular formula is C19H19N3O3. The van der Waals surface area contributed by atoms with Crippen LogP contribution >= 0.6 is 0 Å². The van der Waals surface area contributed by atoms with Crippen LogP contribution < -0.4 is 10.9 Å². The maximum absolute atomic E-state index is 12.2. The first-order chi connectivity index (χ1) is 11.9. The minimum atomic E-state index is -0.535. The first-order valence-corrected chi connectivity index (χ1v) is 7.71. The second-order valence-corrected chi connectivity index (χ2v) is 5.61. The lowest BCUT2D eigenvalue weighted by molar-refractivity contribution is 0.101. The number of rotatable bonds is 6. The van der Waals surface area contributed by atoms with Crippen molar-refractivity contribution >= 4 is 11.5 Å². The number of hydrogen-bond donors (Lipinski definition) is 2. The molecule has 0 atom stereocenters. The van der Waals surface area contributed by atoms with Crippen molar-refractivity contribution in [2.45, 2.75) is 26.9 Å². The lowest BCUT2D eigenvalue weighted by atomic mass is 10.0. The molecule has 2 aromatic rings. The van der Waals surface area contributed by atoms with E-state index in [1.165, 1.54) is 13.0 Å². The Bertz CT molecular complexity index is 919. The lowest BCUT2D eigenvalue weighted by Crippen LogP contribution is -2.25. The second-order valence-electron chi connectivity index (χ2n) is 5.61. The van der Waals surface area contributed by atoms with Gasteiger partial charge in [0.05, 0.1) is 0 Å². The van der Waals surface area contributed by atoms with Gasteiger partial charge in [0.1, 0.15) is 11.6 Å². The summed E-state index contributed by atoms with van der Waals surface area (Å²) in [5, 5.41) is 22.8. The fourth-order valence-electron chi connectivity index (χ4n) is 2.53. The molecule has 0 spiro atoms. The summed E-state index contributed by atoms with van der Waals surface area (Å²) in [7, 11) is 0. The highest BCUT2D eigenvalue weighted by Crippen LogP contribution is 2.23. The van der Waals surface area contributed by atoms with E-state index < -0.39 is 5.56 Å². The molecule has 0 unspecified atom stereocenters. The van der Waals surface area contributed by atoms with Crippen LogP contribution in [-0.2, 0) is 13.1 Å². The predicted molar refractivity (Wildman–Crippen MR) is 95.8 cm³/mol. The number of carbonyl (C=O) groups excluding carboxylic acids is 1. The number of anilines is 1. The van der Waals surface area contributed by atoms with E-state index in [9.17, 15) is 20.0 Å². The normalized spacial score (nSPS) is 10.1. The highest BCUT2D eigenvalue weighted by molar-refractivity contribution is 5.94. The number of benzene rings is 1. The molecule has 6 nitrogen and oxygen atoms in total. The number of nitriles is 1. The van der Waals surface area contributed by atoms with Crippen molar-refractivity contribution in [1.29, 1.82) is 5.26 Å². The van der Waals surface area contributed by atoms with Crippen LogP contribution in [0.4, 0.5) is 5.69 Å². The number of pyridine rings is 1. The zero-order valence-corrected chi connectivity index (χ0v) is 14.2. The maximum atomic E-state index is 12.2. The molecule has 6 heteroatoms. The SMILES string of the molecule is C=CCn1c(O)c(CNc2ccc(C(C)=O)cc2)c(C)c(C#N)c1=O. The molecule has 25 heavy (non-hydrogen) atoms. The van der Waals surface area contributed by atoms with Gasteiger partial charge in [-0.1, -0.05) is 6.08 Å². The van der Waals surface area contributed by atoms with Crippen LogP contribution in [0.3, 0.4) is 0 Å². The van der Waals surface area contributed by atoms with Crippen molar-refractivity contribution in [3.05, 3.63) is 69.5 Å². The van der Waals surface area contributed by atoms with E-state index in [0.29, 0.717) is 16.7 Å². The quantitative estimate of drug-likeness (QED) is 0.624. The summed E-state index contributed by atoms with van der Waals surface area (Å²) in [6.45, 7) is 7.03. The van der Waals surface area contributed by atoms with Crippen LogP contribution in [-0.4, -0.2) is 15.5 Å². The van der Waals surface area contributed by atoms with Gasteiger partial charge in [0.15, 0.2) is 11.7 Å². The van der Waals surface area contributed by atoms with Gasteiger partial charge in [0.2, 0.25) is 0 Å². The molecule has 0 fully saturated rings. The molecule has 1 aromatic carbocycles. The van der Waals surface area contributed by atoms with E-state index in [1.54, 1.807) is 31.2 Å². The zero-order valence-electron chi connectivity index (χ0n) is 14.2. The minimum absolute atomic E-state index is 0.00313. The Balaban J connectivity index is 2.37. The number of aromatic hydroxyl groups is 1. The molecule has 0 aliphatic carbocycles. The van der Waals surface area contributed by atoms with Crippen molar-refractivity contribution in [3.8, 4) is 11.9 Å². The highest BCUT2D eigenvalue weighted by Gasteiger charge is 2.18. The van der Waals surface area contributed by atoms with Crippen LogP contribution in [0.5, 0.6) is 5.88 Å². The molecule has 0 radical (unpaired) electrons. The third kappa shape index (κ3) is 3.61. The minimum Gasteiger partial charge on any atom is -0.494 e. The molecule has 0 amide bonds. The molecule has 2 N–H and O–H groups in total. The van der Waals surface area contributed by atoms with E-state index in [4.69, 9.17) is 0 Å². The Hall–Kier alpha value is -3.33.